The van der Waals surface area contributed by atoms with E-state index in [1.165, 1.54) is 27.7 Å². The van der Waals surface area contributed by atoms with Crippen LogP contribution >= 0.6 is 0 Å². The lowest BCUT2D eigenvalue weighted by molar-refractivity contribution is -0.122. The molecule has 1 aliphatic carbocycles. The molecular weight excluding hydrogens is 372 g/mol. The van der Waals surface area contributed by atoms with Gasteiger partial charge in [-0.3, -0.25) is 9.48 Å². The molecule has 5 nitrogen and oxygen atoms in total. The van der Waals surface area contributed by atoms with Gasteiger partial charge in [-0.15, -0.1) is 0 Å². The van der Waals surface area contributed by atoms with Gasteiger partial charge in [0.1, 0.15) is 0 Å². The average molecular weight is 399 g/mol. The molecule has 0 aliphatic heterocycles. The molecule has 1 atom stereocenters. The summed E-state index contributed by atoms with van der Waals surface area (Å²) in [4.78, 5) is 12.7. The maximum atomic E-state index is 12.7. The van der Waals surface area contributed by atoms with E-state index in [1.807, 2.05) is 24.4 Å². The Hall–Kier alpha value is -3.34. The number of aromatic nitrogens is 3. The van der Waals surface area contributed by atoms with Gasteiger partial charge in [-0.25, -0.2) is 0 Å². The molecule has 1 unspecified atom stereocenters. The van der Waals surface area contributed by atoms with Crippen LogP contribution in [0.5, 0.6) is 0 Å². The van der Waals surface area contributed by atoms with Crippen molar-refractivity contribution in [2.24, 2.45) is 0 Å². The molecule has 0 radical (unpaired) electrons. The smallest absolute Gasteiger partial charge is 0.222 e. The van der Waals surface area contributed by atoms with Crippen molar-refractivity contribution in [3.8, 4) is 0 Å². The molecule has 1 amide bonds. The van der Waals surface area contributed by atoms with E-state index in [-0.39, 0.29) is 11.9 Å². The average Bonchev–Trinajstić information content (AvgIpc) is 3.38. The zero-order chi connectivity index (χ0) is 20.3. The Labute approximate surface area is 176 Å². The first-order valence-electron chi connectivity index (χ1n) is 10.7. The third-order valence-electron chi connectivity index (χ3n) is 6.03. The van der Waals surface area contributed by atoms with E-state index in [1.54, 1.807) is 0 Å². The van der Waals surface area contributed by atoms with Crippen LogP contribution in [0.1, 0.15) is 42.1 Å². The Balaban J connectivity index is 1.24. The Kier molecular flexibility index (Phi) is 5.10. The minimum atomic E-state index is 0.0622. The van der Waals surface area contributed by atoms with Crippen molar-refractivity contribution in [1.82, 2.24) is 19.7 Å². The number of fused-ring (bicyclic) bond motifs is 2. The molecule has 2 aromatic heterocycles. The molecule has 30 heavy (non-hydrogen) atoms. The number of hydrogen-bond donors (Lipinski definition) is 1. The van der Waals surface area contributed by atoms with Gasteiger partial charge >= 0.3 is 0 Å². The van der Waals surface area contributed by atoms with Crippen LogP contribution in [0.4, 0.5) is 0 Å². The molecule has 0 spiro atoms. The van der Waals surface area contributed by atoms with E-state index in [0.717, 1.165) is 25.8 Å². The number of aryl methyl sites for hydroxylation is 1. The second-order valence-corrected chi connectivity index (χ2v) is 8.02. The molecule has 152 valence electrons. The number of carbonyl (C=O) groups excluding carboxylic acids is 1. The second kappa shape index (κ2) is 8.19. The largest absolute Gasteiger partial charge is 0.349 e. The van der Waals surface area contributed by atoms with Crippen LogP contribution in [-0.4, -0.2) is 20.3 Å². The lowest BCUT2D eigenvalue weighted by Gasteiger charge is -2.24. The van der Waals surface area contributed by atoms with E-state index in [2.05, 4.69) is 68.3 Å². The SMILES string of the molecule is O=C(CCn1ccc2ccccc21)NC1CCCc2c1cnn2Cc1ccccc1. The lowest BCUT2D eigenvalue weighted by atomic mass is 9.92. The predicted molar refractivity (Wildman–Crippen MR) is 118 cm³/mol. The van der Waals surface area contributed by atoms with Crippen molar-refractivity contribution in [3.05, 3.63) is 89.9 Å². The summed E-state index contributed by atoms with van der Waals surface area (Å²) in [6.07, 6.45) is 7.54. The normalized spacial score (nSPS) is 15.8. The summed E-state index contributed by atoms with van der Waals surface area (Å²) in [5.41, 5.74) is 4.85. The highest BCUT2D eigenvalue weighted by atomic mass is 16.1. The zero-order valence-corrected chi connectivity index (χ0v) is 17.0. The molecule has 5 rings (SSSR count). The first kappa shape index (κ1) is 18.7. The Morgan fingerprint density at radius 1 is 1.07 bits per heavy atom. The van der Waals surface area contributed by atoms with Crippen molar-refractivity contribution in [2.45, 2.75) is 44.8 Å². The molecule has 0 saturated carbocycles. The van der Waals surface area contributed by atoms with Gasteiger partial charge in [0.15, 0.2) is 0 Å². The van der Waals surface area contributed by atoms with Crippen molar-refractivity contribution >= 4 is 16.8 Å². The maximum Gasteiger partial charge on any atom is 0.222 e. The molecule has 0 fully saturated rings. The highest BCUT2D eigenvalue weighted by Crippen LogP contribution is 2.30. The number of benzene rings is 2. The summed E-state index contributed by atoms with van der Waals surface area (Å²) in [5, 5.41) is 9.10. The van der Waals surface area contributed by atoms with E-state index in [9.17, 15) is 4.79 Å². The first-order valence-corrected chi connectivity index (χ1v) is 10.7. The van der Waals surface area contributed by atoms with E-state index in [0.29, 0.717) is 13.0 Å². The van der Waals surface area contributed by atoms with Gasteiger partial charge in [-0.05, 0) is 42.3 Å². The number of para-hydroxylation sites is 1. The van der Waals surface area contributed by atoms with Crippen LogP contribution in [0.2, 0.25) is 0 Å². The van der Waals surface area contributed by atoms with Gasteiger partial charge in [-0.2, -0.15) is 5.10 Å². The van der Waals surface area contributed by atoms with Gasteiger partial charge < -0.3 is 9.88 Å². The number of nitrogens with one attached hydrogen (secondary N) is 1. The van der Waals surface area contributed by atoms with Crippen LogP contribution in [-0.2, 0) is 24.3 Å². The summed E-state index contributed by atoms with van der Waals surface area (Å²) in [5.74, 6) is 0.0986. The van der Waals surface area contributed by atoms with Crippen molar-refractivity contribution < 1.29 is 4.79 Å². The molecule has 2 heterocycles. The van der Waals surface area contributed by atoms with Gasteiger partial charge in [0.25, 0.3) is 0 Å². The topological polar surface area (TPSA) is 51.9 Å². The van der Waals surface area contributed by atoms with Crippen LogP contribution in [0.3, 0.4) is 0 Å². The van der Waals surface area contributed by atoms with Crippen LogP contribution < -0.4 is 5.32 Å². The minimum absolute atomic E-state index is 0.0622. The number of rotatable bonds is 6. The van der Waals surface area contributed by atoms with Crippen LogP contribution in [0.25, 0.3) is 10.9 Å². The molecular formula is C25H26N4O. The van der Waals surface area contributed by atoms with E-state index in [4.69, 9.17) is 0 Å². The summed E-state index contributed by atoms with van der Waals surface area (Å²) < 4.78 is 4.24. The monoisotopic (exact) mass is 398 g/mol. The number of nitrogens with zero attached hydrogens (tertiary/aromatic N) is 3. The third-order valence-corrected chi connectivity index (χ3v) is 6.03. The highest BCUT2D eigenvalue weighted by Gasteiger charge is 2.25. The van der Waals surface area contributed by atoms with Crippen molar-refractivity contribution in [1.29, 1.82) is 0 Å². The third kappa shape index (κ3) is 3.75. The summed E-state index contributed by atoms with van der Waals surface area (Å²) in [7, 11) is 0. The van der Waals surface area contributed by atoms with Gasteiger partial charge in [0.05, 0.1) is 18.8 Å². The number of hydrogen-bond acceptors (Lipinski definition) is 2. The van der Waals surface area contributed by atoms with Crippen molar-refractivity contribution in [2.75, 3.05) is 0 Å². The molecule has 4 aromatic rings. The Morgan fingerprint density at radius 2 is 1.90 bits per heavy atom. The summed E-state index contributed by atoms with van der Waals surface area (Å²) >= 11 is 0. The zero-order valence-electron chi connectivity index (χ0n) is 17.0. The fraction of sp³-hybridized carbons (Fsp3) is 0.280. The van der Waals surface area contributed by atoms with Crippen LogP contribution in [0, 0.1) is 0 Å². The lowest BCUT2D eigenvalue weighted by Crippen LogP contribution is -2.31. The van der Waals surface area contributed by atoms with Gasteiger partial charge in [0, 0.05) is 35.9 Å². The molecule has 1 aliphatic rings. The van der Waals surface area contributed by atoms with Crippen LogP contribution in [0.15, 0.2) is 73.1 Å². The number of carbonyl (C=O) groups is 1. The molecule has 2 aromatic carbocycles. The predicted octanol–water partition coefficient (Wildman–Crippen LogP) is 4.47. The molecule has 5 heteroatoms. The van der Waals surface area contributed by atoms with Crippen molar-refractivity contribution in [3.63, 3.8) is 0 Å². The fourth-order valence-corrected chi connectivity index (χ4v) is 4.49. The molecule has 1 N–H and O–H groups in total. The standard InChI is InChI=1S/C25H26N4O/c30-25(14-16-28-15-13-20-9-4-5-11-23(20)28)27-22-10-6-12-24-21(22)17-26-29(24)18-19-7-2-1-3-8-19/h1-5,7-9,11,13,15,17,22H,6,10,12,14,16,18H2,(H,27,30). The second-order valence-electron chi connectivity index (χ2n) is 8.02. The highest BCUT2D eigenvalue weighted by molar-refractivity contribution is 5.80. The van der Waals surface area contributed by atoms with Gasteiger partial charge in [-0.1, -0.05) is 48.5 Å². The van der Waals surface area contributed by atoms with Gasteiger partial charge in [0.2, 0.25) is 5.91 Å². The number of amides is 1. The maximum absolute atomic E-state index is 12.7. The fourth-order valence-electron chi connectivity index (χ4n) is 4.49. The quantitative estimate of drug-likeness (QED) is 0.521. The van der Waals surface area contributed by atoms with E-state index >= 15 is 0 Å². The summed E-state index contributed by atoms with van der Waals surface area (Å²) in [6, 6.07) is 20.8. The Bertz CT molecular complexity index is 1160. The minimum Gasteiger partial charge on any atom is -0.349 e. The first-order chi connectivity index (χ1) is 14.8. The van der Waals surface area contributed by atoms with E-state index < -0.39 is 0 Å². The molecule has 0 bridgehead atoms. The molecule has 0 saturated heterocycles. The summed E-state index contributed by atoms with van der Waals surface area (Å²) in [6.45, 7) is 1.46. The Morgan fingerprint density at radius 3 is 2.80 bits per heavy atom.